The first kappa shape index (κ1) is 38.8. The highest BCUT2D eigenvalue weighted by Gasteiger charge is 2.51. The van der Waals surface area contributed by atoms with Crippen molar-refractivity contribution in [1.29, 1.82) is 0 Å². The number of ether oxygens (including phenoxy) is 2. The fourth-order valence-corrected chi connectivity index (χ4v) is 8.63. The number of likely N-dealkylation sites (tertiary alicyclic amines) is 1. The van der Waals surface area contributed by atoms with E-state index in [2.05, 4.69) is 38.2 Å². The summed E-state index contributed by atoms with van der Waals surface area (Å²) in [4.78, 5) is 57.5. The average Bonchev–Trinajstić information content (AvgIpc) is 3.09. The third-order valence-electron chi connectivity index (χ3n) is 11.1. The molecular weight excluding hydrogens is 654 g/mol. The number of piperidine rings is 1. The maximum Gasteiger partial charge on any atom is 0.408 e. The molecule has 280 valence electrons. The van der Waals surface area contributed by atoms with Gasteiger partial charge in [0.25, 0.3) is 0 Å². The van der Waals surface area contributed by atoms with Crippen LogP contribution in [0.4, 0.5) is 4.79 Å². The van der Waals surface area contributed by atoms with Crippen molar-refractivity contribution in [3.8, 4) is 0 Å². The Labute approximate surface area is 309 Å². The Morgan fingerprint density at radius 3 is 2.10 bits per heavy atom. The Kier molecular flexibility index (Phi) is 11.1. The molecule has 9 heteroatoms. The van der Waals surface area contributed by atoms with Crippen molar-refractivity contribution in [3.63, 3.8) is 0 Å². The predicted molar refractivity (Wildman–Crippen MR) is 203 cm³/mol. The molecule has 0 saturated carbocycles. The molecule has 52 heavy (non-hydrogen) atoms. The number of nitrogens with one attached hydrogen (secondary N) is 1. The van der Waals surface area contributed by atoms with Crippen molar-refractivity contribution in [1.82, 2.24) is 15.1 Å². The van der Waals surface area contributed by atoms with Gasteiger partial charge in [0.05, 0.1) is 18.1 Å². The van der Waals surface area contributed by atoms with E-state index in [9.17, 15) is 19.2 Å². The Bertz CT molecular complexity index is 1710. The number of esters is 1. The van der Waals surface area contributed by atoms with Crippen LogP contribution in [0.1, 0.15) is 103 Å². The highest BCUT2D eigenvalue weighted by Crippen LogP contribution is 2.55. The van der Waals surface area contributed by atoms with Crippen LogP contribution in [0.25, 0.3) is 5.57 Å². The molecule has 1 saturated heterocycles. The predicted octanol–water partition coefficient (Wildman–Crippen LogP) is 7.56. The van der Waals surface area contributed by atoms with Gasteiger partial charge in [0.15, 0.2) is 0 Å². The van der Waals surface area contributed by atoms with Crippen molar-refractivity contribution in [2.45, 2.75) is 98.1 Å². The maximum absolute atomic E-state index is 15.0. The summed E-state index contributed by atoms with van der Waals surface area (Å²) in [7, 11) is 1.39. The largest absolute Gasteiger partial charge is 0.465 e. The van der Waals surface area contributed by atoms with Gasteiger partial charge in [0, 0.05) is 37.0 Å². The van der Waals surface area contributed by atoms with E-state index in [1.54, 1.807) is 20.8 Å². The fraction of sp³-hybridized carbons (Fsp3) is 0.535. The second-order valence-electron chi connectivity index (χ2n) is 17.0. The van der Waals surface area contributed by atoms with Gasteiger partial charge in [-0.15, -0.1) is 0 Å². The molecule has 9 nitrogen and oxygen atoms in total. The number of carbonyl (C=O) groups excluding carboxylic acids is 4. The Hall–Kier alpha value is -4.40. The van der Waals surface area contributed by atoms with E-state index in [1.807, 2.05) is 78.2 Å². The number of alkyl carbamates (subject to hydrolysis) is 1. The smallest absolute Gasteiger partial charge is 0.408 e. The van der Waals surface area contributed by atoms with Crippen LogP contribution in [0.3, 0.4) is 0 Å². The number of allylic oxidation sites excluding steroid dienone is 2. The minimum absolute atomic E-state index is 0.0962. The van der Waals surface area contributed by atoms with Crippen molar-refractivity contribution < 1.29 is 28.7 Å². The Morgan fingerprint density at radius 1 is 0.885 bits per heavy atom. The molecule has 2 aliphatic heterocycles. The monoisotopic (exact) mass is 711 g/mol. The molecule has 0 aromatic heterocycles. The topological polar surface area (TPSA) is 105 Å². The zero-order valence-corrected chi connectivity index (χ0v) is 32.5. The lowest BCUT2D eigenvalue weighted by Crippen LogP contribution is -2.59. The number of amides is 3. The summed E-state index contributed by atoms with van der Waals surface area (Å²) in [6.07, 6.45) is 6.20. The quantitative estimate of drug-likeness (QED) is 0.224. The first-order chi connectivity index (χ1) is 24.4. The molecule has 2 atom stereocenters. The zero-order chi connectivity index (χ0) is 38.1. The van der Waals surface area contributed by atoms with E-state index >= 15 is 0 Å². The first-order valence-corrected chi connectivity index (χ1v) is 18.6. The Balaban J connectivity index is 1.36. The third kappa shape index (κ3) is 7.98. The second kappa shape index (κ2) is 14.9. The van der Waals surface area contributed by atoms with Crippen LogP contribution < -0.4 is 5.32 Å². The Morgan fingerprint density at radius 2 is 1.52 bits per heavy atom. The van der Waals surface area contributed by atoms with Crippen LogP contribution >= 0.6 is 0 Å². The zero-order valence-electron chi connectivity index (χ0n) is 32.5. The van der Waals surface area contributed by atoms with E-state index < -0.39 is 23.2 Å². The number of hydrogen-bond donors (Lipinski definition) is 1. The van der Waals surface area contributed by atoms with Crippen LogP contribution in [0, 0.1) is 16.7 Å². The average molecular weight is 712 g/mol. The van der Waals surface area contributed by atoms with Gasteiger partial charge in [-0.05, 0) is 81.2 Å². The number of nitrogens with zero attached hydrogens (tertiary/aromatic N) is 2. The molecular formula is C43H57N3O6. The summed E-state index contributed by atoms with van der Waals surface area (Å²) in [6, 6.07) is 16.9. The SMILES string of the molecule is COC(=O)c1ccc(C2=CC[C@]3(C)CN(C(=O)C4(c5ccccc5)CCN(C(=O)[C@@H](CC(C)C)NC(=O)OC(C)(C)C)CC4)CC=C3C2(C)C)cc1. The van der Waals surface area contributed by atoms with Crippen LogP contribution in [0.5, 0.6) is 0 Å². The minimum atomic E-state index is -0.779. The fourth-order valence-electron chi connectivity index (χ4n) is 8.63. The molecule has 0 radical (unpaired) electrons. The lowest BCUT2D eigenvalue weighted by Gasteiger charge is -2.52. The molecule has 1 fully saturated rings. The molecule has 0 bridgehead atoms. The van der Waals surface area contributed by atoms with Gasteiger partial charge in [0.2, 0.25) is 11.8 Å². The van der Waals surface area contributed by atoms with Gasteiger partial charge in [-0.1, -0.05) is 94.8 Å². The van der Waals surface area contributed by atoms with Gasteiger partial charge in [-0.25, -0.2) is 9.59 Å². The summed E-state index contributed by atoms with van der Waals surface area (Å²) in [5.74, 6) is -0.218. The van der Waals surface area contributed by atoms with Gasteiger partial charge in [-0.3, -0.25) is 9.59 Å². The van der Waals surface area contributed by atoms with Crippen LogP contribution in [0.2, 0.25) is 0 Å². The molecule has 3 amide bonds. The molecule has 1 N–H and O–H groups in total. The lowest BCUT2D eigenvalue weighted by molar-refractivity contribution is -0.144. The third-order valence-corrected chi connectivity index (χ3v) is 11.1. The molecule has 0 unspecified atom stereocenters. The van der Waals surface area contributed by atoms with Crippen LogP contribution in [-0.2, 0) is 24.5 Å². The molecule has 1 aliphatic carbocycles. The number of carbonyl (C=O) groups is 4. The van der Waals surface area contributed by atoms with Gasteiger partial charge < -0.3 is 24.6 Å². The number of rotatable bonds is 8. The maximum atomic E-state index is 15.0. The molecule has 0 spiro atoms. The van der Waals surface area contributed by atoms with E-state index in [1.165, 1.54) is 18.3 Å². The number of methoxy groups -OCH3 is 1. The molecule has 2 heterocycles. The molecule has 2 aromatic carbocycles. The van der Waals surface area contributed by atoms with E-state index in [0.717, 1.165) is 17.5 Å². The minimum Gasteiger partial charge on any atom is -0.465 e. The number of hydrogen-bond acceptors (Lipinski definition) is 6. The van der Waals surface area contributed by atoms with E-state index in [4.69, 9.17) is 9.47 Å². The molecule has 3 aliphatic rings. The van der Waals surface area contributed by atoms with Crippen LogP contribution in [0.15, 0.2) is 72.3 Å². The highest BCUT2D eigenvalue weighted by molar-refractivity contribution is 5.91. The normalized spacial score (nSPS) is 21.7. The van der Waals surface area contributed by atoms with Gasteiger partial charge >= 0.3 is 12.1 Å². The van der Waals surface area contributed by atoms with Crippen molar-refractivity contribution >= 4 is 29.5 Å². The summed E-state index contributed by atoms with van der Waals surface area (Å²) < 4.78 is 10.4. The lowest BCUT2D eigenvalue weighted by atomic mass is 9.58. The van der Waals surface area contributed by atoms with Crippen LogP contribution in [-0.4, -0.2) is 78.6 Å². The van der Waals surface area contributed by atoms with Crippen molar-refractivity contribution in [2.75, 3.05) is 33.3 Å². The highest BCUT2D eigenvalue weighted by atomic mass is 16.6. The van der Waals surface area contributed by atoms with Crippen molar-refractivity contribution in [2.24, 2.45) is 16.7 Å². The first-order valence-electron chi connectivity index (χ1n) is 18.6. The number of fused-ring (bicyclic) bond motifs is 1. The van der Waals surface area contributed by atoms with Gasteiger partial charge in [-0.2, -0.15) is 0 Å². The van der Waals surface area contributed by atoms with Crippen molar-refractivity contribution in [3.05, 3.63) is 89.0 Å². The molecule has 2 aromatic rings. The standard InChI is InChI=1S/C43H57N3O6/c1-29(2)27-34(44-39(50)52-40(3,4)5)36(47)45-25-22-43(23-26-45,32-13-11-10-12-14-32)38(49)46-24-20-35-41(6,7)33(19-21-42(35,8)28-46)30-15-17-31(18-16-30)37(48)51-9/h10-20,29,34H,21-28H2,1-9H3,(H,44,50)/t34-,42-/m1/s1. The van der Waals surface area contributed by atoms with Gasteiger partial charge in [0.1, 0.15) is 11.6 Å². The van der Waals surface area contributed by atoms with E-state index in [-0.39, 0.29) is 34.5 Å². The number of benzene rings is 2. The summed E-state index contributed by atoms with van der Waals surface area (Å²) in [5.41, 5.74) is 3.10. The summed E-state index contributed by atoms with van der Waals surface area (Å²) in [5, 5.41) is 2.83. The summed E-state index contributed by atoms with van der Waals surface area (Å²) >= 11 is 0. The second-order valence-corrected chi connectivity index (χ2v) is 17.0. The van der Waals surface area contributed by atoms with E-state index in [0.29, 0.717) is 51.0 Å². The molecule has 5 rings (SSSR count). The summed E-state index contributed by atoms with van der Waals surface area (Å²) in [6.45, 7) is 18.1.